The van der Waals surface area contributed by atoms with Crippen molar-refractivity contribution in [2.75, 3.05) is 7.11 Å². The fourth-order valence-electron chi connectivity index (χ4n) is 2.00. The van der Waals surface area contributed by atoms with E-state index >= 15 is 0 Å². The number of nitrogens with zero attached hydrogens (tertiary/aromatic N) is 2. The Morgan fingerprint density at radius 2 is 1.85 bits per heavy atom. The van der Waals surface area contributed by atoms with Gasteiger partial charge in [-0.1, -0.05) is 12.1 Å². The number of hydrogen-bond acceptors (Lipinski definition) is 4. The number of imidazole rings is 1. The molecule has 0 spiro atoms. The fraction of sp³-hybridized carbons (Fsp3) is 0.0714. The van der Waals surface area contributed by atoms with E-state index in [4.69, 9.17) is 4.74 Å². The molecule has 0 saturated heterocycles. The molecule has 0 bridgehead atoms. The first-order valence-electron chi connectivity index (χ1n) is 5.92. The number of benzene rings is 2. The molecule has 0 N–H and O–H groups in total. The maximum absolute atomic E-state index is 12.4. The molecular formula is C14H12N2O3S. The van der Waals surface area contributed by atoms with E-state index in [0.29, 0.717) is 0 Å². The van der Waals surface area contributed by atoms with Gasteiger partial charge in [-0.05, 0) is 35.0 Å². The summed E-state index contributed by atoms with van der Waals surface area (Å²) in [4.78, 5) is 4.00. The van der Waals surface area contributed by atoms with E-state index in [1.807, 2.05) is 12.1 Å². The van der Waals surface area contributed by atoms with Crippen LogP contribution in [0, 0.1) is 0 Å². The van der Waals surface area contributed by atoms with Gasteiger partial charge < -0.3 is 4.74 Å². The van der Waals surface area contributed by atoms with E-state index in [9.17, 15) is 8.42 Å². The van der Waals surface area contributed by atoms with Crippen LogP contribution in [0.5, 0.6) is 5.75 Å². The average molecular weight is 288 g/mol. The molecule has 102 valence electrons. The highest BCUT2D eigenvalue weighted by molar-refractivity contribution is 7.90. The third-order valence-electron chi connectivity index (χ3n) is 3.07. The van der Waals surface area contributed by atoms with Gasteiger partial charge in [0, 0.05) is 12.4 Å². The lowest BCUT2D eigenvalue weighted by Crippen LogP contribution is -2.10. The Morgan fingerprint density at radius 1 is 1.10 bits per heavy atom. The van der Waals surface area contributed by atoms with E-state index in [1.54, 1.807) is 31.4 Å². The zero-order valence-electron chi connectivity index (χ0n) is 10.7. The number of rotatable bonds is 3. The van der Waals surface area contributed by atoms with Gasteiger partial charge in [0.05, 0.1) is 12.0 Å². The molecule has 0 aliphatic carbocycles. The van der Waals surface area contributed by atoms with Crippen molar-refractivity contribution in [1.29, 1.82) is 0 Å². The second-order valence-corrected chi connectivity index (χ2v) is 6.12. The second kappa shape index (κ2) is 4.64. The van der Waals surface area contributed by atoms with E-state index in [-0.39, 0.29) is 4.90 Å². The summed E-state index contributed by atoms with van der Waals surface area (Å²) >= 11 is 0. The van der Waals surface area contributed by atoms with E-state index in [1.165, 1.54) is 18.7 Å². The van der Waals surface area contributed by atoms with E-state index in [2.05, 4.69) is 4.98 Å². The van der Waals surface area contributed by atoms with Crippen LogP contribution in [0.25, 0.3) is 10.8 Å². The minimum atomic E-state index is -3.58. The quantitative estimate of drug-likeness (QED) is 0.742. The molecule has 6 heteroatoms. The summed E-state index contributed by atoms with van der Waals surface area (Å²) in [7, 11) is -1.98. The van der Waals surface area contributed by atoms with Crippen molar-refractivity contribution in [2.45, 2.75) is 4.90 Å². The van der Waals surface area contributed by atoms with Crippen LogP contribution in [0.3, 0.4) is 0 Å². The van der Waals surface area contributed by atoms with Gasteiger partial charge in [0.25, 0.3) is 10.0 Å². The van der Waals surface area contributed by atoms with E-state index < -0.39 is 10.0 Å². The number of methoxy groups -OCH3 is 1. The van der Waals surface area contributed by atoms with Crippen LogP contribution in [-0.2, 0) is 10.0 Å². The zero-order valence-corrected chi connectivity index (χ0v) is 11.5. The van der Waals surface area contributed by atoms with Crippen molar-refractivity contribution in [3.63, 3.8) is 0 Å². The van der Waals surface area contributed by atoms with Gasteiger partial charge in [-0.25, -0.2) is 17.4 Å². The predicted molar refractivity (Wildman–Crippen MR) is 75.3 cm³/mol. The highest BCUT2D eigenvalue weighted by Crippen LogP contribution is 2.24. The van der Waals surface area contributed by atoms with Crippen molar-refractivity contribution in [3.8, 4) is 5.75 Å². The largest absolute Gasteiger partial charge is 0.497 e. The monoisotopic (exact) mass is 288 g/mol. The fourth-order valence-corrected chi connectivity index (χ4v) is 3.15. The van der Waals surface area contributed by atoms with Crippen molar-refractivity contribution >= 4 is 20.8 Å². The van der Waals surface area contributed by atoms with Crippen LogP contribution < -0.4 is 4.74 Å². The molecular weight excluding hydrogens is 276 g/mol. The summed E-state index contributed by atoms with van der Waals surface area (Å²) < 4.78 is 31.0. The summed E-state index contributed by atoms with van der Waals surface area (Å²) in [6.07, 6.45) is 4.12. The molecule has 3 aromatic rings. The van der Waals surface area contributed by atoms with Gasteiger partial charge >= 0.3 is 0 Å². The van der Waals surface area contributed by atoms with Crippen molar-refractivity contribution in [2.24, 2.45) is 0 Å². The van der Waals surface area contributed by atoms with Gasteiger partial charge in [-0.3, -0.25) is 0 Å². The Kier molecular flexibility index (Phi) is 2.94. The molecule has 0 saturated carbocycles. The molecule has 0 atom stereocenters. The number of hydrogen-bond donors (Lipinski definition) is 0. The standard InChI is InChI=1S/C14H12N2O3S/c1-19-13-4-2-12-9-14(5-3-11(12)8-13)20(17,18)16-7-6-15-10-16/h2-10H,1H3. The summed E-state index contributed by atoms with van der Waals surface area (Å²) in [5, 5.41) is 1.76. The molecule has 0 aliphatic heterocycles. The molecule has 0 fully saturated rings. The van der Waals surface area contributed by atoms with Gasteiger partial charge in [0.2, 0.25) is 0 Å². The van der Waals surface area contributed by atoms with Crippen LogP contribution in [0.1, 0.15) is 0 Å². The SMILES string of the molecule is COc1ccc2cc(S(=O)(=O)n3ccnc3)ccc2c1. The maximum Gasteiger partial charge on any atom is 0.268 e. The minimum Gasteiger partial charge on any atom is -0.497 e. The minimum absolute atomic E-state index is 0.230. The summed E-state index contributed by atoms with van der Waals surface area (Å²) in [5.41, 5.74) is 0. The molecule has 5 nitrogen and oxygen atoms in total. The second-order valence-electron chi connectivity index (χ2n) is 4.27. The van der Waals surface area contributed by atoms with Gasteiger partial charge in [0.1, 0.15) is 12.1 Å². The zero-order chi connectivity index (χ0) is 14.2. The highest BCUT2D eigenvalue weighted by atomic mass is 32.2. The summed E-state index contributed by atoms with van der Waals surface area (Å²) in [6, 6.07) is 10.5. The Labute approximate surface area is 116 Å². The first-order chi connectivity index (χ1) is 9.61. The molecule has 0 aliphatic rings. The third-order valence-corrected chi connectivity index (χ3v) is 4.70. The Balaban J connectivity index is 2.14. The molecule has 0 unspecified atom stereocenters. The van der Waals surface area contributed by atoms with E-state index in [0.717, 1.165) is 20.5 Å². The normalized spacial score (nSPS) is 11.7. The number of aromatic nitrogens is 2. The van der Waals surface area contributed by atoms with Crippen molar-refractivity contribution in [3.05, 3.63) is 55.1 Å². The maximum atomic E-state index is 12.4. The number of ether oxygens (including phenoxy) is 1. The molecule has 1 aromatic heterocycles. The lowest BCUT2D eigenvalue weighted by Gasteiger charge is -2.07. The molecule has 20 heavy (non-hydrogen) atoms. The molecule has 3 rings (SSSR count). The number of fused-ring (bicyclic) bond motifs is 1. The van der Waals surface area contributed by atoms with Gasteiger partial charge in [-0.15, -0.1) is 0 Å². The van der Waals surface area contributed by atoms with Gasteiger partial charge in [-0.2, -0.15) is 0 Å². The first kappa shape index (κ1) is 12.7. The highest BCUT2D eigenvalue weighted by Gasteiger charge is 2.16. The van der Waals surface area contributed by atoms with Crippen LogP contribution >= 0.6 is 0 Å². The third kappa shape index (κ3) is 2.04. The van der Waals surface area contributed by atoms with Crippen LogP contribution in [0.4, 0.5) is 0 Å². The molecule has 1 heterocycles. The Hall–Kier alpha value is -2.34. The summed E-state index contributed by atoms with van der Waals surface area (Å²) in [5.74, 6) is 0.739. The first-order valence-corrected chi connectivity index (χ1v) is 7.36. The Morgan fingerprint density at radius 3 is 2.55 bits per heavy atom. The molecule has 0 amide bonds. The molecule has 2 aromatic carbocycles. The van der Waals surface area contributed by atoms with Crippen molar-refractivity contribution in [1.82, 2.24) is 8.96 Å². The predicted octanol–water partition coefficient (Wildman–Crippen LogP) is 2.28. The van der Waals surface area contributed by atoms with Crippen LogP contribution in [0.15, 0.2) is 60.0 Å². The van der Waals surface area contributed by atoms with Crippen LogP contribution in [-0.4, -0.2) is 24.5 Å². The summed E-state index contributed by atoms with van der Waals surface area (Å²) in [6.45, 7) is 0. The van der Waals surface area contributed by atoms with Gasteiger partial charge in [0.15, 0.2) is 0 Å². The smallest absolute Gasteiger partial charge is 0.268 e. The molecule has 0 radical (unpaired) electrons. The topological polar surface area (TPSA) is 61.2 Å². The Bertz CT molecular complexity index is 855. The van der Waals surface area contributed by atoms with Crippen molar-refractivity contribution < 1.29 is 13.2 Å². The lowest BCUT2D eigenvalue weighted by atomic mass is 10.1. The lowest BCUT2D eigenvalue weighted by molar-refractivity contribution is 0.415. The van der Waals surface area contributed by atoms with Crippen LogP contribution in [0.2, 0.25) is 0 Å². The average Bonchev–Trinajstić information content (AvgIpc) is 3.01.